The lowest BCUT2D eigenvalue weighted by Crippen LogP contribution is -2.43. The molecule has 2 amide bonds. The van der Waals surface area contributed by atoms with Crippen molar-refractivity contribution in [3.05, 3.63) is 0 Å². The van der Waals surface area contributed by atoms with Crippen LogP contribution in [0.1, 0.15) is 25.7 Å². The molecule has 4 N–H and O–H groups in total. The van der Waals surface area contributed by atoms with Gasteiger partial charge >= 0.3 is 0 Å². The topological polar surface area (TPSA) is 93.5 Å². The van der Waals surface area contributed by atoms with Gasteiger partial charge in [-0.15, -0.1) is 12.4 Å². The molecule has 0 aromatic heterocycles. The number of primary amides is 1. The van der Waals surface area contributed by atoms with Gasteiger partial charge in [-0.25, -0.2) is 0 Å². The number of amides is 2. The number of carbonyl (C=O) groups excluding carboxylic acids is 2. The van der Waals surface area contributed by atoms with Crippen molar-refractivity contribution in [1.82, 2.24) is 10.6 Å². The van der Waals surface area contributed by atoms with Crippen LogP contribution in [0, 0.1) is 0 Å². The Labute approximate surface area is 112 Å². The van der Waals surface area contributed by atoms with Crippen LogP contribution < -0.4 is 16.4 Å². The first-order valence-electron chi connectivity index (χ1n) is 6.12. The third kappa shape index (κ3) is 3.83. The highest BCUT2D eigenvalue weighted by Gasteiger charge is 2.30. The Balaban J connectivity index is 0.00000162. The average molecular weight is 278 g/mol. The van der Waals surface area contributed by atoms with Gasteiger partial charge in [0.25, 0.3) is 0 Å². The predicted molar refractivity (Wildman–Crippen MR) is 68.4 cm³/mol. The molecule has 6 nitrogen and oxygen atoms in total. The SMILES string of the molecule is Cl.NC(=O)C1CCC(CNC(=O)C2CCCN2)O1. The molecule has 2 rings (SSSR count). The Hall–Kier alpha value is -0.850. The first-order valence-corrected chi connectivity index (χ1v) is 6.12. The van der Waals surface area contributed by atoms with Crippen LogP contribution >= 0.6 is 12.4 Å². The van der Waals surface area contributed by atoms with Gasteiger partial charge in [0.05, 0.1) is 12.1 Å². The third-order valence-electron chi connectivity index (χ3n) is 3.31. The van der Waals surface area contributed by atoms with E-state index in [9.17, 15) is 9.59 Å². The minimum Gasteiger partial charge on any atom is -0.367 e. The Morgan fingerprint density at radius 3 is 2.67 bits per heavy atom. The molecular formula is C11H20ClN3O3. The lowest BCUT2D eigenvalue weighted by molar-refractivity contribution is -0.128. The van der Waals surface area contributed by atoms with Crippen molar-refractivity contribution in [1.29, 1.82) is 0 Å². The highest BCUT2D eigenvalue weighted by molar-refractivity contribution is 5.85. The summed E-state index contributed by atoms with van der Waals surface area (Å²) < 4.78 is 5.43. The molecule has 0 bridgehead atoms. The number of rotatable bonds is 4. The molecule has 2 aliphatic rings. The molecule has 0 spiro atoms. The second-order valence-corrected chi connectivity index (χ2v) is 4.62. The summed E-state index contributed by atoms with van der Waals surface area (Å²) in [7, 11) is 0. The molecule has 2 saturated heterocycles. The zero-order valence-electron chi connectivity index (χ0n) is 10.2. The summed E-state index contributed by atoms with van der Waals surface area (Å²) in [6.07, 6.45) is 2.78. The fraction of sp³-hybridized carbons (Fsp3) is 0.818. The van der Waals surface area contributed by atoms with E-state index in [1.54, 1.807) is 0 Å². The fourth-order valence-corrected chi connectivity index (χ4v) is 2.31. The van der Waals surface area contributed by atoms with Crippen molar-refractivity contribution < 1.29 is 14.3 Å². The monoisotopic (exact) mass is 277 g/mol. The number of hydrogen-bond acceptors (Lipinski definition) is 4. The maximum atomic E-state index is 11.7. The van der Waals surface area contributed by atoms with E-state index in [0.29, 0.717) is 13.0 Å². The zero-order chi connectivity index (χ0) is 12.3. The first-order chi connectivity index (χ1) is 8.16. The predicted octanol–water partition coefficient (Wildman–Crippen LogP) is -0.691. The lowest BCUT2D eigenvalue weighted by Gasteiger charge is -2.15. The number of nitrogens with two attached hydrogens (primary N) is 1. The van der Waals surface area contributed by atoms with Gasteiger partial charge in [0.1, 0.15) is 6.10 Å². The van der Waals surface area contributed by atoms with Gasteiger partial charge in [-0.2, -0.15) is 0 Å². The van der Waals surface area contributed by atoms with E-state index in [4.69, 9.17) is 10.5 Å². The van der Waals surface area contributed by atoms with E-state index in [1.165, 1.54) is 0 Å². The van der Waals surface area contributed by atoms with Gasteiger partial charge in [-0.05, 0) is 32.2 Å². The molecule has 0 aliphatic carbocycles. The quantitative estimate of drug-likeness (QED) is 0.634. The van der Waals surface area contributed by atoms with Crippen LogP contribution in [0.15, 0.2) is 0 Å². The lowest BCUT2D eigenvalue weighted by atomic mass is 10.2. The first kappa shape index (κ1) is 15.2. The van der Waals surface area contributed by atoms with Crippen LogP contribution in [-0.2, 0) is 14.3 Å². The van der Waals surface area contributed by atoms with Crippen molar-refractivity contribution in [3.63, 3.8) is 0 Å². The smallest absolute Gasteiger partial charge is 0.246 e. The summed E-state index contributed by atoms with van der Waals surface area (Å²) in [5.41, 5.74) is 5.15. The minimum atomic E-state index is -0.485. The summed E-state index contributed by atoms with van der Waals surface area (Å²) in [5.74, 6) is -0.398. The molecule has 2 heterocycles. The van der Waals surface area contributed by atoms with Crippen molar-refractivity contribution in [2.24, 2.45) is 5.73 Å². The molecule has 104 valence electrons. The standard InChI is InChI=1S/C11H19N3O3.ClH/c12-10(15)9-4-3-7(17-9)6-14-11(16)8-2-1-5-13-8;/h7-9,13H,1-6H2,(H2,12,15)(H,14,16);1H. The van der Waals surface area contributed by atoms with E-state index in [-0.39, 0.29) is 30.5 Å². The second kappa shape index (κ2) is 6.92. The summed E-state index contributed by atoms with van der Waals surface area (Å²) in [5, 5.41) is 5.98. The molecule has 7 heteroatoms. The molecule has 3 unspecified atom stereocenters. The van der Waals surface area contributed by atoms with E-state index < -0.39 is 12.0 Å². The maximum absolute atomic E-state index is 11.7. The molecule has 2 fully saturated rings. The number of carbonyl (C=O) groups is 2. The molecule has 0 aromatic rings. The molecule has 2 aliphatic heterocycles. The van der Waals surface area contributed by atoms with Crippen molar-refractivity contribution in [2.45, 2.75) is 43.9 Å². The molecular weight excluding hydrogens is 258 g/mol. The van der Waals surface area contributed by atoms with E-state index in [2.05, 4.69) is 10.6 Å². The number of nitrogens with one attached hydrogen (secondary N) is 2. The van der Waals surface area contributed by atoms with Crippen LogP contribution in [0.3, 0.4) is 0 Å². The maximum Gasteiger partial charge on any atom is 0.246 e. The van der Waals surface area contributed by atoms with Crippen molar-refractivity contribution in [2.75, 3.05) is 13.1 Å². The van der Waals surface area contributed by atoms with E-state index in [0.717, 1.165) is 25.8 Å². The summed E-state index contributed by atoms with van der Waals surface area (Å²) in [4.78, 5) is 22.6. The van der Waals surface area contributed by atoms with Gasteiger partial charge in [-0.1, -0.05) is 0 Å². The van der Waals surface area contributed by atoms with Gasteiger partial charge in [-0.3, -0.25) is 9.59 Å². The molecule has 0 aromatic carbocycles. The van der Waals surface area contributed by atoms with Gasteiger partial charge < -0.3 is 21.1 Å². The Kier molecular flexibility index (Phi) is 5.84. The van der Waals surface area contributed by atoms with E-state index in [1.807, 2.05) is 0 Å². The summed E-state index contributed by atoms with van der Waals surface area (Å²) in [6.45, 7) is 1.36. The minimum absolute atomic E-state index is 0. The van der Waals surface area contributed by atoms with Crippen molar-refractivity contribution in [3.8, 4) is 0 Å². The zero-order valence-corrected chi connectivity index (χ0v) is 11.0. The van der Waals surface area contributed by atoms with Crippen LogP contribution in [0.4, 0.5) is 0 Å². The molecule has 18 heavy (non-hydrogen) atoms. The molecule has 0 saturated carbocycles. The van der Waals surface area contributed by atoms with Crippen LogP contribution in [0.2, 0.25) is 0 Å². The second-order valence-electron chi connectivity index (χ2n) is 4.62. The Morgan fingerprint density at radius 2 is 2.11 bits per heavy atom. The number of hydrogen-bond donors (Lipinski definition) is 3. The van der Waals surface area contributed by atoms with Crippen molar-refractivity contribution >= 4 is 24.2 Å². The third-order valence-corrected chi connectivity index (χ3v) is 3.31. The van der Waals surface area contributed by atoms with E-state index >= 15 is 0 Å². The van der Waals surface area contributed by atoms with Crippen LogP contribution in [0.25, 0.3) is 0 Å². The Bertz CT molecular complexity index is 308. The van der Waals surface area contributed by atoms with Gasteiger partial charge in [0, 0.05) is 6.54 Å². The van der Waals surface area contributed by atoms with Gasteiger partial charge in [0.2, 0.25) is 11.8 Å². The normalized spacial score (nSPS) is 30.8. The van der Waals surface area contributed by atoms with Crippen LogP contribution in [0.5, 0.6) is 0 Å². The highest BCUT2D eigenvalue weighted by Crippen LogP contribution is 2.18. The van der Waals surface area contributed by atoms with Crippen LogP contribution in [-0.4, -0.2) is 43.2 Å². The number of halogens is 1. The average Bonchev–Trinajstić information content (AvgIpc) is 2.97. The molecule has 3 atom stereocenters. The molecule has 0 radical (unpaired) electrons. The van der Waals surface area contributed by atoms with Gasteiger partial charge in [0.15, 0.2) is 0 Å². The summed E-state index contributed by atoms with van der Waals surface area (Å²) in [6, 6.07) is -0.0664. The fourth-order valence-electron chi connectivity index (χ4n) is 2.31. The Morgan fingerprint density at radius 1 is 1.33 bits per heavy atom. The largest absolute Gasteiger partial charge is 0.367 e. The number of ether oxygens (including phenoxy) is 1. The highest BCUT2D eigenvalue weighted by atomic mass is 35.5. The summed E-state index contributed by atoms with van der Waals surface area (Å²) >= 11 is 0.